The maximum atomic E-state index is 5.59. The van der Waals surface area contributed by atoms with Gasteiger partial charge in [0.05, 0.1) is 5.60 Å². The zero-order valence-corrected chi connectivity index (χ0v) is 10.0. The molecular formula is C12H24N2O. The van der Waals surface area contributed by atoms with Gasteiger partial charge in [0.2, 0.25) is 0 Å². The minimum atomic E-state index is 0.103. The van der Waals surface area contributed by atoms with Crippen molar-refractivity contribution >= 4 is 0 Å². The molecular weight excluding hydrogens is 188 g/mol. The summed E-state index contributed by atoms with van der Waals surface area (Å²) in [5, 5.41) is 0. The molecule has 0 bridgehead atoms. The van der Waals surface area contributed by atoms with Crippen LogP contribution in [0.3, 0.4) is 0 Å². The van der Waals surface area contributed by atoms with Gasteiger partial charge in [-0.05, 0) is 45.4 Å². The van der Waals surface area contributed by atoms with Crippen LogP contribution in [0.1, 0.15) is 45.4 Å². The van der Waals surface area contributed by atoms with Gasteiger partial charge in [0.1, 0.15) is 0 Å². The van der Waals surface area contributed by atoms with Gasteiger partial charge < -0.3 is 4.74 Å². The lowest BCUT2D eigenvalue weighted by Crippen LogP contribution is -2.47. The molecule has 1 fully saturated rings. The minimum absolute atomic E-state index is 0.103. The lowest BCUT2D eigenvalue weighted by atomic mass is 9.75. The molecule has 3 N–H and O–H groups in total. The van der Waals surface area contributed by atoms with Crippen molar-refractivity contribution < 1.29 is 4.74 Å². The molecule has 0 aromatic heterocycles. The van der Waals surface area contributed by atoms with E-state index >= 15 is 0 Å². The Labute approximate surface area is 93.0 Å². The molecule has 1 aliphatic carbocycles. The van der Waals surface area contributed by atoms with Crippen LogP contribution in [0.4, 0.5) is 0 Å². The quantitative estimate of drug-likeness (QED) is 0.386. The van der Waals surface area contributed by atoms with Crippen molar-refractivity contribution in [1.82, 2.24) is 5.43 Å². The van der Waals surface area contributed by atoms with E-state index < -0.39 is 0 Å². The molecule has 0 heterocycles. The van der Waals surface area contributed by atoms with E-state index in [1.807, 2.05) is 7.11 Å². The second-order valence-corrected chi connectivity index (χ2v) is 4.80. The van der Waals surface area contributed by atoms with Crippen molar-refractivity contribution in [1.29, 1.82) is 0 Å². The first kappa shape index (κ1) is 12.7. The van der Waals surface area contributed by atoms with E-state index in [-0.39, 0.29) is 5.60 Å². The Balaban J connectivity index is 2.35. The summed E-state index contributed by atoms with van der Waals surface area (Å²) in [4.78, 5) is 0. The molecule has 0 aromatic rings. The Hall–Kier alpha value is -0.380. The molecule has 88 valence electrons. The molecule has 1 aliphatic rings. The number of allylic oxidation sites excluding steroid dienone is 1. The van der Waals surface area contributed by atoms with Crippen molar-refractivity contribution in [2.45, 2.75) is 57.1 Å². The Morgan fingerprint density at radius 3 is 2.60 bits per heavy atom. The Kier molecular flexibility index (Phi) is 4.77. The van der Waals surface area contributed by atoms with Crippen molar-refractivity contribution in [3.8, 4) is 0 Å². The summed E-state index contributed by atoms with van der Waals surface area (Å²) in [7, 11) is 1.81. The van der Waals surface area contributed by atoms with Gasteiger partial charge in [-0.3, -0.25) is 11.3 Å². The summed E-state index contributed by atoms with van der Waals surface area (Å²) in [6.07, 6.45) is 6.74. The smallest absolute Gasteiger partial charge is 0.0694 e. The average Bonchev–Trinajstić information content (AvgIpc) is 2.16. The van der Waals surface area contributed by atoms with Gasteiger partial charge in [-0.2, -0.15) is 0 Å². The van der Waals surface area contributed by atoms with Crippen LogP contribution in [0.15, 0.2) is 12.2 Å². The highest BCUT2D eigenvalue weighted by Crippen LogP contribution is 2.39. The number of hydrogen-bond acceptors (Lipinski definition) is 3. The molecule has 1 saturated carbocycles. The molecule has 3 nitrogen and oxygen atoms in total. The topological polar surface area (TPSA) is 47.3 Å². The number of ether oxygens (including phenoxy) is 1. The van der Waals surface area contributed by atoms with Crippen molar-refractivity contribution in [3.63, 3.8) is 0 Å². The zero-order valence-electron chi connectivity index (χ0n) is 10.0. The summed E-state index contributed by atoms with van der Waals surface area (Å²) in [6.45, 7) is 5.97. The van der Waals surface area contributed by atoms with Crippen LogP contribution in [-0.2, 0) is 4.74 Å². The molecule has 0 spiro atoms. The highest BCUT2D eigenvalue weighted by molar-refractivity contribution is 4.95. The third-order valence-electron chi connectivity index (χ3n) is 3.47. The fourth-order valence-electron chi connectivity index (χ4n) is 2.18. The average molecular weight is 212 g/mol. The number of methoxy groups -OCH3 is 1. The van der Waals surface area contributed by atoms with Gasteiger partial charge in [-0.15, -0.1) is 6.58 Å². The van der Waals surface area contributed by atoms with Crippen LogP contribution in [0, 0.1) is 0 Å². The van der Waals surface area contributed by atoms with Crippen molar-refractivity contribution in [3.05, 3.63) is 12.2 Å². The summed E-state index contributed by atoms with van der Waals surface area (Å²) in [6, 6.07) is 0.349. The van der Waals surface area contributed by atoms with Crippen LogP contribution >= 0.6 is 0 Å². The predicted molar refractivity (Wildman–Crippen MR) is 63.4 cm³/mol. The number of nitrogens with one attached hydrogen (secondary N) is 1. The maximum absolute atomic E-state index is 5.59. The second-order valence-electron chi connectivity index (χ2n) is 4.80. The Morgan fingerprint density at radius 1 is 1.60 bits per heavy atom. The number of nitrogens with two attached hydrogens (primary N) is 1. The van der Waals surface area contributed by atoms with Gasteiger partial charge in [-0.1, -0.05) is 5.57 Å². The van der Waals surface area contributed by atoms with Gasteiger partial charge in [0.15, 0.2) is 0 Å². The molecule has 0 radical (unpaired) electrons. The van der Waals surface area contributed by atoms with E-state index in [1.165, 1.54) is 24.8 Å². The summed E-state index contributed by atoms with van der Waals surface area (Å²) >= 11 is 0. The summed E-state index contributed by atoms with van der Waals surface area (Å²) in [5.74, 6) is 5.56. The fourth-order valence-corrected chi connectivity index (χ4v) is 2.18. The summed E-state index contributed by atoms with van der Waals surface area (Å²) in [5.41, 5.74) is 4.22. The van der Waals surface area contributed by atoms with Gasteiger partial charge in [-0.25, -0.2) is 0 Å². The predicted octanol–water partition coefficient (Wildman–Crippen LogP) is 2.13. The van der Waals surface area contributed by atoms with E-state index in [4.69, 9.17) is 10.6 Å². The number of hydrazine groups is 1. The molecule has 0 saturated heterocycles. The van der Waals surface area contributed by atoms with E-state index in [9.17, 15) is 0 Å². The highest BCUT2D eigenvalue weighted by atomic mass is 16.5. The molecule has 3 heteroatoms. The normalized spacial score (nSPS) is 20.7. The third-order valence-corrected chi connectivity index (χ3v) is 3.47. The van der Waals surface area contributed by atoms with Gasteiger partial charge in [0, 0.05) is 13.2 Å². The van der Waals surface area contributed by atoms with Crippen molar-refractivity contribution in [2.24, 2.45) is 5.84 Å². The van der Waals surface area contributed by atoms with Crippen LogP contribution in [0.25, 0.3) is 0 Å². The first-order chi connectivity index (χ1) is 7.12. The summed E-state index contributed by atoms with van der Waals surface area (Å²) < 4.78 is 5.59. The third kappa shape index (κ3) is 3.59. The lowest BCUT2D eigenvalue weighted by Gasteiger charge is -2.42. The number of hydrogen-bond donors (Lipinski definition) is 2. The maximum Gasteiger partial charge on any atom is 0.0694 e. The van der Waals surface area contributed by atoms with E-state index in [2.05, 4.69) is 18.9 Å². The monoisotopic (exact) mass is 212 g/mol. The van der Waals surface area contributed by atoms with Crippen molar-refractivity contribution in [2.75, 3.05) is 7.11 Å². The molecule has 1 unspecified atom stereocenters. The first-order valence-electron chi connectivity index (χ1n) is 5.77. The molecule has 1 rings (SSSR count). The Bertz CT molecular complexity index is 206. The van der Waals surface area contributed by atoms with Crippen LogP contribution in [0.2, 0.25) is 0 Å². The molecule has 0 amide bonds. The zero-order chi connectivity index (χ0) is 11.3. The van der Waals surface area contributed by atoms with E-state index in [1.54, 1.807) is 0 Å². The fraction of sp³-hybridized carbons (Fsp3) is 0.833. The Morgan fingerprint density at radius 2 is 2.27 bits per heavy atom. The highest BCUT2D eigenvalue weighted by Gasteiger charge is 2.38. The first-order valence-corrected chi connectivity index (χ1v) is 5.77. The standard InChI is InChI=1S/C12H24N2O/c1-10(2)5-6-11(14-13)9-12(15-3)7-4-8-12/h11,14H,1,4-9,13H2,2-3H3. The van der Waals surface area contributed by atoms with Crippen LogP contribution < -0.4 is 11.3 Å². The molecule has 1 atom stereocenters. The van der Waals surface area contributed by atoms with Crippen LogP contribution in [0.5, 0.6) is 0 Å². The molecule has 0 aliphatic heterocycles. The van der Waals surface area contributed by atoms with E-state index in [0.29, 0.717) is 6.04 Å². The molecule has 0 aromatic carbocycles. The van der Waals surface area contributed by atoms with E-state index in [0.717, 1.165) is 19.3 Å². The minimum Gasteiger partial charge on any atom is -0.378 e. The lowest BCUT2D eigenvalue weighted by molar-refractivity contribution is -0.0838. The SMILES string of the molecule is C=C(C)CCC(CC1(OC)CCC1)NN. The largest absolute Gasteiger partial charge is 0.378 e. The number of rotatable bonds is 7. The second kappa shape index (κ2) is 5.64. The molecule has 15 heavy (non-hydrogen) atoms. The van der Waals surface area contributed by atoms with Gasteiger partial charge in [0.25, 0.3) is 0 Å². The van der Waals surface area contributed by atoms with Gasteiger partial charge >= 0.3 is 0 Å². The van der Waals surface area contributed by atoms with Crippen LogP contribution in [-0.4, -0.2) is 18.8 Å².